The summed E-state index contributed by atoms with van der Waals surface area (Å²) in [5, 5.41) is 2.76. The SMILES string of the molecule is CC1N=C(N2CCOCC2)CC(=O)N1. The van der Waals surface area contributed by atoms with Crippen LogP contribution in [0.4, 0.5) is 0 Å². The van der Waals surface area contributed by atoms with Crippen LogP contribution in [-0.2, 0) is 9.53 Å². The maximum atomic E-state index is 11.3. The Balaban J connectivity index is 2.04. The number of carbonyl (C=O) groups excluding carboxylic acids is 1. The van der Waals surface area contributed by atoms with Crippen molar-refractivity contribution >= 4 is 11.7 Å². The minimum Gasteiger partial charge on any atom is -0.378 e. The quantitative estimate of drug-likeness (QED) is 0.574. The summed E-state index contributed by atoms with van der Waals surface area (Å²) >= 11 is 0. The maximum Gasteiger partial charge on any atom is 0.229 e. The highest BCUT2D eigenvalue weighted by Gasteiger charge is 2.22. The number of aliphatic imine (C=N–C) groups is 1. The van der Waals surface area contributed by atoms with Gasteiger partial charge in [0, 0.05) is 13.1 Å². The molecule has 1 N–H and O–H groups in total. The summed E-state index contributed by atoms with van der Waals surface area (Å²) in [7, 11) is 0. The predicted octanol–water partition coefficient (Wildman–Crippen LogP) is -0.417. The van der Waals surface area contributed by atoms with Crippen molar-refractivity contribution in [2.45, 2.75) is 19.5 Å². The molecule has 0 radical (unpaired) electrons. The fourth-order valence-electron chi connectivity index (χ4n) is 1.74. The molecule has 5 heteroatoms. The van der Waals surface area contributed by atoms with Crippen LogP contribution in [0, 0.1) is 0 Å². The van der Waals surface area contributed by atoms with Gasteiger partial charge in [-0.3, -0.25) is 4.79 Å². The molecule has 0 aromatic carbocycles. The molecule has 0 aromatic rings. The van der Waals surface area contributed by atoms with Gasteiger partial charge in [-0.05, 0) is 6.92 Å². The number of rotatable bonds is 0. The van der Waals surface area contributed by atoms with Gasteiger partial charge in [-0.1, -0.05) is 0 Å². The number of morpholine rings is 1. The number of hydrogen-bond acceptors (Lipinski definition) is 4. The lowest BCUT2D eigenvalue weighted by molar-refractivity contribution is -0.121. The molecule has 1 amide bonds. The molecule has 1 saturated heterocycles. The van der Waals surface area contributed by atoms with Crippen molar-refractivity contribution in [2.75, 3.05) is 26.3 Å². The van der Waals surface area contributed by atoms with Gasteiger partial charge in [0.1, 0.15) is 12.0 Å². The number of carbonyl (C=O) groups is 1. The first-order valence-electron chi connectivity index (χ1n) is 4.94. The highest BCUT2D eigenvalue weighted by Crippen LogP contribution is 2.07. The van der Waals surface area contributed by atoms with Crippen molar-refractivity contribution in [3.63, 3.8) is 0 Å². The lowest BCUT2D eigenvalue weighted by Crippen LogP contribution is -2.47. The lowest BCUT2D eigenvalue weighted by Gasteiger charge is -2.32. The number of nitrogens with zero attached hydrogens (tertiary/aromatic N) is 2. The van der Waals surface area contributed by atoms with E-state index in [9.17, 15) is 4.79 Å². The van der Waals surface area contributed by atoms with E-state index < -0.39 is 0 Å². The van der Waals surface area contributed by atoms with E-state index in [4.69, 9.17) is 4.74 Å². The monoisotopic (exact) mass is 197 g/mol. The fraction of sp³-hybridized carbons (Fsp3) is 0.778. The van der Waals surface area contributed by atoms with Crippen LogP contribution in [0.2, 0.25) is 0 Å². The molecule has 2 rings (SSSR count). The van der Waals surface area contributed by atoms with Crippen molar-refractivity contribution in [1.29, 1.82) is 0 Å². The van der Waals surface area contributed by atoms with Gasteiger partial charge in [-0.2, -0.15) is 0 Å². The average molecular weight is 197 g/mol. The topological polar surface area (TPSA) is 53.9 Å². The third-order valence-electron chi connectivity index (χ3n) is 2.41. The number of amidine groups is 1. The number of hydrogen-bond donors (Lipinski definition) is 1. The lowest BCUT2D eigenvalue weighted by atomic mass is 10.2. The van der Waals surface area contributed by atoms with E-state index in [0.717, 1.165) is 32.1 Å². The fourth-order valence-corrected chi connectivity index (χ4v) is 1.74. The molecule has 5 nitrogen and oxygen atoms in total. The van der Waals surface area contributed by atoms with Crippen molar-refractivity contribution in [3.8, 4) is 0 Å². The maximum absolute atomic E-state index is 11.3. The van der Waals surface area contributed by atoms with Crippen LogP contribution in [0.1, 0.15) is 13.3 Å². The molecule has 0 aliphatic carbocycles. The minimum atomic E-state index is -0.0888. The number of nitrogens with one attached hydrogen (secondary N) is 1. The first-order chi connectivity index (χ1) is 6.75. The van der Waals surface area contributed by atoms with E-state index in [2.05, 4.69) is 15.2 Å². The average Bonchev–Trinajstić information content (AvgIpc) is 2.18. The second-order valence-corrected chi connectivity index (χ2v) is 3.57. The van der Waals surface area contributed by atoms with Crippen LogP contribution in [0.5, 0.6) is 0 Å². The van der Waals surface area contributed by atoms with Gasteiger partial charge in [-0.25, -0.2) is 4.99 Å². The minimum absolute atomic E-state index is 0.0639. The Kier molecular flexibility index (Phi) is 2.67. The summed E-state index contributed by atoms with van der Waals surface area (Å²) < 4.78 is 5.25. The largest absolute Gasteiger partial charge is 0.378 e. The van der Waals surface area contributed by atoms with E-state index in [1.54, 1.807) is 0 Å². The molecular weight excluding hydrogens is 182 g/mol. The van der Waals surface area contributed by atoms with Gasteiger partial charge in [0.2, 0.25) is 5.91 Å². The van der Waals surface area contributed by atoms with Crippen molar-refractivity contribution in [3.05, 3.63) is 0 Å². The Hall–Kier alpha value is -1.10. The van der Waals surface area contributed by atoms with E-state index in [1.165, 1.54) is 0 Å². The normalized spacial score (nSPS) is 28.4. The summed E-state index contributed by atoms with van der Waals surface area (Å²) in [5.41, 5.74) is 0. The van der Waals surface area contributed by atoms with Gasteiger partial charge >= 0.3 is 0 Å². The predicted molar refractivity (Wildman–Crippen MR) is 52.0 cm³/mol. The third kappa shape index (κ3) is 2.04. The number of ether oxygens (including phenoxy) is 1. The van der Waals surface area contributed by atoms with Crippen LogP contribution >= 0.6 is 0 Å². The zero-order chi connectivity index (χ0) is 9.97. The summed E-state index contributed by atoms with van der Waals surface area (Å²) in [6.07, 6.45) is 0.318. The Labute approximate surface area is 83.1 Å². The Morgan fingerprint density at radius 1 is 1.50 bits per heavy atom. The summed E-state index contributed by atoms with van der Waals surface area (Å²) in [5.74, 6) is 0.971. The molecular formula is C9H15N3O2. The molecule has 1 atom stereocenters. The highest BCUT2D eigenvalue weighted by molar-refractivity contribution is 6.01. The second-order valence-electron chi connectivity index (χ2n) is 3.57. The molecule has 2 heterocycles. The molecule has 14 heavy (non-hydrogen) atoms. The van der Waals surface area contributed by atoms with Crippen molar-refractivity contribution < 1.29 is 9.53 Å². The third-order valence-corrected chi connectivity index (χ3v) is 2.41. The molecule has 0 spiro atoms. The number of amides is 1. The van der Waals surface area contributed by atoms with Gasteiger partial charge in [0.05, 0.1) is 19.6 Å². The Morgan fingerprint density at radius 2 is 2.21 bits per heavy atom. The Bertz CT molecular complexity index is 259. The van der Waals surface area contributed by atoms with Gasteiger partial charge < -0.3 is 15.0 Å². The van der Waals surface area contributed by atoms with Crippen LogP contribution in [0.3, 0.4) is 0 Å². The van der Waals surface area contributed by atoms with Crippen LogP contribution in [0.25, 0.3) is 0 Å². The van der Waals surface area contributed by atoms with Gasteiger partial charge in [0.25, 0.3) is 0 Å². The molecule has 78 valence electrons. The first kappa shape index (κ1) is 9.45. The Morgan fingerprint density at radius 3 is 2.86 bits per heavy atom. The van der Waals surface area contributed by atoms with E-state index >= 15 is 0 Å². The standard InChI is InChI=1S/C9H15N3O2/c1-7-10-8(6-9(13)11-7)12-2-4-14-5-3-12/h7H,2-6H2,1H3,(H,11,13). The highest BCUT2D eigenvalue weighted by atomic mass is 16.5. The van der Waals surface area contributed by atoms with E-state index in [-0.39, 0.29) is 12.1 Å². The second kappa shape index (κ2) is 3.96. The summed E-state index contributed by atoms with van der Waals surface area (Å²) in [6.45, 7) is 5.04. The van der Waals surface area contributed by atoms with Crippen molar-refractivity contribution in [2.24, 2.45) is 4.99 Å². The molecule has 0 saturated carbocycles. The smallest absolute Gasteiger partial charge is 0.229 e. The van der Waals surface area contributed by atoms with Crippen molar-refractivity contribution in [1.82, 2.24) is 10.2 Å². The zero-order valence-corrected chi connectivity index (χ0v) is 8.32. The summed E-state index contributed by atoms with van der Waals surface area (Å²) in [4.78, 5) is 17.8. The van der Waals surface area contributed by atoms with Crippen LogP contribution < -0.4 is 5.32 Å². The van der Waals surface area contributed by atoms with Crippen LogP contribution in [0.15, 0.2) is 4.99 Å². The molecule has 2 aliphatic rings. The summed E-state index contributed by atoms with van der Waals surface area (Å²) in [6, 6.07) is 0. The molecule has 1 unspecified atom stereocenters. The van der Waals surface area contributed by atoms with Crippen LogP contribution in [-0.4, -0.2) is 49.1 Å². The molecule has 1 fully saturated rings. The molecule has 0 aromatic heterocycles. The molecule has 0 bridgehead atoms. The van der Waals surface area contributed by atoms with Gasteiger partial charge in [0.15, 0.2) is 0 Å². The van der Waals surface area contributed by atoms with Gasteiger partial charge in [-0.15, -0.1) is 0 Å². The van der Waals surface area contributed by atoms with E-state index in [0.29, 0.717) is 6.42 Å². The van der Waals surface area contributed by atoms with E-state index in [1.807, 2.05) is 6.92 Å². The molecule has 2 aliphatic heterocycles. The zero-order valence-electron chi connectivity index (χ0n) is 8.32. The first-order valence-corrected chi connectivity index (χ1v) is 4.94.